The van der Waals surface area contributed by atoms with Gasteiger partial charge in [0.2, 0.25) is 5.91 Å². The Hall–Kier alpha value is -3.71. The van der Waals surface area contributed by atoms with Crippen LogP contribution in [0, 0.1) is 11.6 Å². The van der Waals surface area contributed by atoms with E-state index in [1.165, 1.54) is 65.5 Å². The Labute approximate surface area is 243 Å². The molecule has 2 heterocycles. The molecule has 13 heteroatoms. The third-order valence-electron chi connectivity index (χ3n) is 6.84. The standard InChI is InChI=1S/C29H29F5N4O3S/c1-20(28(40,17-38-19-35-18-36-38)25-11-8-22(30)16-26(25)31)42-24-12-14-37(15-13-24)27(39)5-3-2-4-21-6-9-23(10-7-21)41-29(32,33)34/h2-11,16,18-20,24,40H,12-15,17H2,1H3/t20-,28-/m1/s1. The van der Waals surface area contributed by atoms with Gasteiger partial charge in [0.1, 0.15) is 35.6 Å². The van der Waals surface area contributed by atoms with E-state index < -0.39 is 28.8 Å². The number of allylic oxidation sites excluding steroid dienone is 2. The van der Waals surface area contributed by atoms with Crippen LogP contribution in [0.25, 0.3) is 6.08 Å². The van der Waals surface area contributed by atoms with E-state index in [0.29, 0.717) is 31.5 Å². The van der Waals surface area contributed by atoms with Crippen LogP contribution in [-0.4, -0.2) is 60.6 Å². The molecule has 4 rings (SSSR count). The first-order valence-corrected chi connectivity index (χ1v) is 14.0. The number of piperidine rings is 1. The van der Waals surface area contributed by atoms with Crippen LogP contribution in [0.5, 0.6) is 5.75 Å². The fourth-order valence-electron chi connectivity index (χ4n) is 4.64. The van der Waals surface area contributed by atoms with Crippen molar-refractivity contribution in [2.75, 3.05) is 13.1 Å². The molecule has 0 bridgehead atoms. The van der Waals surface area contributed by atoms with E-state index in [4.69, 9.17) is 0 Å². The van der Waals surface area contributed by atoms with Gasteiger partial charge in [-0.1, -0.05) is 43.4 Å². The molecule has 42 heavy (non-hydrogen) atoms. The second kappa shape index (κ2) is 13.5. The molecule has 0 aliphatic carbocycles. The summed E-state index contributed by atoms with van der Waals surface area (Å²) < 4.78 is 70.5. The van der Waals surface area contributed by atoms with Crippen LogP contribution < -0.4 is 4.74 Å². The number of hydrogen-bond donors (Lipinski definition) is 1. The molecule has 3 aromatic rings. The number of carbonyl (C=O) groups is 1. The molecular weight excluding hydrogens is 579 g/mol. The maximum atomic E-state index is 14.8. The number of ether oxygens (including phenoxy) is 1. The van der Waals surface area contributed by atoms with Crippen molar-refractivity contribution < 1.29 is 36.6 Å². The summed E-state index contributed by atoms with van der Waals surface area (Å²) in [6.07, 6.45) is 5.53. The van der Waals surface area contributed by atoms with Gasteiger partial charge in [-0.15, -0.1) is 13.2 Å². The average molecular weight is 609 g/mol. The first-order valence-electron chi connectivity index (χ1n) is 13.1. The first-order chi connectivity index (χ1) is 19.9. The molecule has 1 aliphatic rings. The second-order valence-corrected chi connectivity index (χ2v) is 11.4. The number of carbonyl (C=O) groups excluding carboxylic acids is 1. The van der Waals surface area contributed by atoms with Crippen molar-refractivity contribution in [1.29, 1.82) is 0 Å². The van der Waals surface area contributed by atoms with E-state index >= 15 is 0 Å². The number of benzene rings is 2. The van der Waals surface area contributed by atoms with Crippen molar-refractivity contribution in [2.45, 2.75) is 48.8 Å². The summed E-state index contributed by atoms with van der Waals surface area (Å²) in [5, 5.41) is 15.3. The molecule has 0 radical (unpaired) electrons. The van der Waals surface area contributed by atoms with Gasteiger partial charge in [-0.25, -0.2) is 18.4 Å². The maximum Gasteiger partial charge on any atom is 0.573 e. The molecule has 7 nitrogen and oxygen atoms in total. The summed E-state index contributed by atoms with van der Waals surface area (Å²) in [6.45, 7) is 2.69. The predicted molar refractivity (Wildman–Crippen MR) is 148 cm³/mol. The Morgan fingerprint density at radius 2 is 1.86 bits per heavy atom. The highest BCUT2D eigenvalue weighted by molar-refractivity contribution is 8.00. The fourth-order valence-corrected chi connectivity index (χ4v) is 6.13. The number of thioether (sulfide) groups is 1. The highest BCUT2D eigenvalue weighted by atomic mass is 32.2. The molecule has 1 amide bonds. The van der Waals surface area contributed by atoms with Crippen LogP contribution in [0.15, 0.2) is 73.3 Å². The predicted octanol–water partition coefficient (Wildman–Crippen LogP) is 5.73. The van der Waals surface area contributed by atoms with Gasteiger partial charge in [0, 0.05) is 41.3 Å². The minimum Gasteiger partial charge on any atom is -0.406 e. The van der Waals surface area contributed by atoms with Crippen LogP contribution in [0.1, 0.15) is 30.9 Å². The van der Waals surface area contributed by atoms with Crippen molar-refractivity contribution in [1.82, 2.24) is 19.7 Å². The number of aromatic nitrogens is 3. The normalized spacial score (nSPS) is 17.1. The van der Waals surface area contributed by atoms with Crippen LogP contribution >= 0.6 is 11.8 Å². The van der Waals surface area contributed by atoms with Gasteiger partial charge < -0.3 is 14.7 Å². The summed E-state index contributed by atoms with van der Waals surface area (Å²) in [4.78, 5) is 18.2. The topological polar surface area (TPSA) is 80.5 Å². The summed E-state index contributed by atoms with van der Waals surface area (Å²) in [5.41, 5.74) is -1.10. The lowest BCUT2D eigenvalue weighted by atomic mass is 9.90. The summed E-state index contributed by atoms with van der Waals surface area (Å²) in [5.74, 6) is -2.08. The number of halogens is 5. The number of aliphatic hydroxyl groups is 1. The van der Waals surface area contributed by atoms with Crippen molar-refractivity contribution in [2.24, 2.45) is 0 Å². The first kappa shape index (κ1) is 31.2. The van der Waals surface area contributed by atoms with E-state index in [2.05, 4.69) is 14.8 Å². The Morgan fingerprint density at radius 1 is 1.14 bits per heavy atom. The SMILES string of the molecule is C[C@@H](SC1CCN(C(=O)C=CC=Cc2ccc(OC(F)(F)F)cc2)CC1)[C@](O)(Cn1cncn1)c1ccc(F)cc1F. The van der Waals surface area contributed by atoms with E-state index in [1.54, 1.807) is 30.1 Å². The summed E-state index contributed by atoms with van der Waals surface area (Å²) in [7, 11) is 0. The van der Waals surface area contributed by atoms with Gasteiger partial charge in [0.05, 0.1) is 6.54 Å². The van der Waals surface area contributed by atoms with Gasteiger partial charge in [-0.2, -0.15) is 16.9 Å². The minimum atomic E-state index is -4.75. The largest absolute Gasteiger partial charge is 0.573 e. The Balaban J connectivity index is 1.31. The summed E-state index contributed by atoms with van der Waals surface area (Å²) in [6, 6.07) is 8.45. The van der Waals surface area contributed by atoms with Crippen molar-refractivity contribution in [3.63, 3.8) is 0 Å². The molecule has 0 unspecified atom stereocenters. The molecule has 224 valence electrons. The molecule has 1 aliphatic heterocycles. The average Bonchev–Trinajstić information content (AvgIpc) is 3.44. The number of hydrogen-bond acceptors (Lipinski definition) is 6. The molecule has 2 aromatic carbocycles. The zero-order chi connectivity index (χ0) is 30.3. The van der Waals surface area contributed by atoms with Crippen LogP contribution in [0.2, 0.25) is 0 Å². The number of alkyl halides is 3. The Bertz CT molecular complexity index is 1390. The van der Waals surface area contributed by atoms with Gasteiger partial charge in [-0.3, -0.25) is 4.79 Å². The quantitative estimate of drug-likeness (QED) is 0.180. The van der Waals surface area contributed by atoms with Crippen LogP contribution in [0.3, 0.4) is 0 Å². The van der Waals surface area contributed by atoms with E-state index in [0.717, 1.165) is 12.1 Å². The van der Waals surface area contributed by atoms with Gasteiger partial charge in [0.25, 0.3) is 0 Å². The van der Waals surface area contributed by atoms with E-state index in [1.807, 2.05) is 0 Å². The van der Waals surface area contributed by atoms with Crippen LogP contribution in [-0.2, 0) is 16.9 Å². The maximum absolute atomic E-state index is 14.8. The fraction of sp³-hybridized carbons (Fsp3) is 0.345. The van der Waals surface area contributed by atoms with E-state index in [-0.39, 0.29) is 29.0 Å². The number of nitrogens with zero attached hydrogens (tertiary/aromatic N) is 4. The molecular formula is C29H29F5N4O3S. The smallest absolute Gasteiger partial charge is 0.406 e. The van der Waals surface area contributed by atoms with Gasteiger partial charge >= 0.3 is 6.36 Å². The van der Waals surface area contributed by atoms with E-state index in [9.17, 15) is 31.9 Å². The number of amides is 1. The third-order valence-corrected chi connectivity index (χ3v) is 8.50. The van der Waals surface area contributed by atoms with Crippen molar-refractivity contribution >= 4 is 23.7 Å². The van der Waals surface area contributed by atoms with Gasteiger partial charge in [-0.05, 0) is 36.6 Å². The van der Waals surface area contributed by atoms with Crippen LogP contribution in [0.4, 0.5) is 22.0 Å². The molecule has 1 aromatic heterocycles. The minimum absolute atomic E-state index is 0.0317. The second-order valence-electron chi connectivity index (χ2n) is 9.78. The number of likely N-dealkylation sites (tertiary alicyclic amines) is 1. The molecule has 1 saturated heterocycles. The molecule has 2 atom stereocenters. The molecule has 0 saturated carbocycles. The lowest BCUT2D eigenvalue weighted by molar-refractivity contribution is -0.274. The Kier molecular flexibility index (Phi) is 10.0. The monoisotopic (exact) mass is 608 g/mol. The third kappa shape index (κ3) is 8.41. The highest BCUT2D eigenvalue weighted by Gasteiger charge is 2.41. The Morgan fingerprint density at radius 3 is 2.48 bits per heavy atom. The number of rotatable bonds is 10. The molecule has 1 N–H and O–H groups in total. The lowest BCUT2D eigenvalue weighted by Crippen LogP contribution is -2.44. The van der Waals surface area contributed by atoms with Crippen molar-refractivity contribution in [3.05, 3.63) is 96.1 Å². The highest BCUT2D eigenvalue weighted by Crippen LogP contribution is 2.40. The van der Waals surface area contributed by atoms with Crippen molar-refractivity contribution in [3.8, 4) is 5.75 Å². The zero-order valence-corrected chi connectivity index (χ0v) is 23.4. The summed E-state index contributed by atoms with van der Waals surface area (Å²) >= 11 is 1.48. The lowest BCUT2D eigenvalue weighted by Gasteiger charge is -2.38. The zero-order valence-electron chi connectivity index (χ0n) is 22.5. The molecule has 0 spiro atoms. The molecule has 1 fully saturated rings. The van der Waals surface area contributed by atoms with Gasteiger partial charge in [0.15, 0.2) is 0 Å².